The predicted octanol–water partition coefficient (Wildman–Crippen LogP) is 2.79. The molecule has 0 spiro atoms. The van der Waals surface area contributed by atoms with Gasteiger partial charge in [0.1, 0.15) is 5.75 Å². The van der Waals surface area contributed by atoms with Gasteiger partial charge in [-0.2, -0.15) is 0 Å². The maximum atomic E-state index is 5.52. The van der Waals surface area contributed by atoms with E-state index in [1.807, 2.05) is 19.2 Å². The first kappa shape index (κ1) is 23.1. The summed E-state index contributed by atoms with van der Waals surface area (Å²) in [4.78, 5) is 9.39. The fraction of sp³-hybridized carbons (Fsp3) is 0.667. The monoisotopic (exact) mass is 501 g/mol. The minimum atomic E-state index is 0. The van der Waals surface area contributed by atoms with Crippen LogP contribution in [0.15, 0.2) is 29.3 Å². The topological polar surface area (TPSA) is 52.1 Å². The number of nitrogens with zero attached hydrogens (tertiary/aromatic N) is 3. The number of methoxy groups -OCH3 is 1. The molecule has 3 rings (SSSR count). The normalized spacial score (nSPS) is 23.2. The van der Waals surface area contributed by atoms with E-state index in [1.54, 1.807) is 7.11 Å². The highest BCUT2D eigenvalue weighted by atomic mass is 127. The molecule has 1 aromatic carbocycles. The molecular formula is C21H36IN5O. The van der Waals surface area contributed by atoms with E-state index >= 15 is 0 Å². The van der Waals surface area contributed by atoms with Gasteiger partial charge in [-0.25, -0.2) is 0 Å². The van der Waals surface area contributed by atoms with E-state index in [9.17, 15) is 0 Å². The lowest BCUT2D eigenvalue weighted by Crippen LogP contribution is -2.47. The highest BCUT2D eigenvalue weighted by Gasteiger charge is 2.25. The Morgan fingerprint density at radius 3 is 2.79 bits per heavy atom. The third-order valence-corrected chi connectivity index (χ3v) is 5.79. The first-order valence-corrected chi connectivity index (χ1v) is 10.3. The molecule has 2 N–H and O–H groups in total. The van der Waals surface area contributed by atoms with Gasteiger partial charge in [0.05, 0.1) is 12.8 Å². The molecule has 28 heavy (non-hydrogen) atoms. The summed E-state index contributed by atoms with van der Waals surface area (Å²) in [6.07, 6.45) is 3.72. The van der Waals surface area contributed by atoms with Crippen LogP contribution >= 0.6 is 24.0 Å². The third-order valence-electron chi connectivity index (χ3n) is 5.79. The van der Waals surface area contributed by atoms with E-state index in [4.69, 9.17) is 4.74 Å². The highest BCUT2D eigenvalue weighted by Crippen LogP contribution is 2.30. The largest absolute Gasteiger partial charge is 0.495 e. The second-order valence-corrected chi connectivity index (χ2v) is 7.60. The lowest BCUT2D eigenvalue weighted by atomic mass is 9.98. The lowest BCUT2D eigenvalue weighted by Gasteiger charge is -2.32. The Morgan fingerprint density at radius 1 is 1.21 bits per heavy atom. The first-order chi connectivity index (χ1) is 13.2. The van der Waals surface area contributed by atoms with E-state index < -0.39 is 0 Å². The second kappa shape index (κ2) is 11.7. The molecule has 0 saturated carbocycles. The molecule has 2 saturated heterocycles. The Morgan fingerprint density at radius 2 is 2.04 bits per heavy atom. The number of hydrogen-bond acceptors (Lipinski definition) is 4. The van der Waals surface area contributed by atoms with Crippen molar-refractivity contribution in [1.29, 1.82) is 0 Å². The summed E-state index contributed by atoms with van der Waals surface area (Å²) in [5, 5.41) is 7.17. The maximum Gasteiger partial charge on any atom is 0.191 e. The predicted molar refractivity (Wildman–Crippen MR) is 128 cm³/mol. The molecule has 2 fully saturated rings. The van der Waals surface area contributed by atoms with Crippen LogP contribution in [0.1, 0.15) is 26.2 Å². The zero-order chi connectivity index (χ0) is 19.1. The van der Waals surface area contributed by atoms with Gasteiger partial charge in [0.2, 0.25) is 0 Å². The molecule has 2 atom stereocenters. The average molecular weight is 501 g/mol. The van der Waals surface area contributed by atoms with Crippen molar-refractivity contribution in [1.82, 2.24) is 15.5 Å². The number of rotatable bonds is 6. The molecule has 6 nitrogen and oxygen atoms in total. The molecule has 2 unspecified atom stereocenters. The van der Waals surface area contributed by atoms with Gasteiger partial charge >= 0.3 is 0 Å². The van der Waals surface area contributed by atoms with Crippen molar-refractivity contribution in [2.45, 2.75) is 32.2 Å². The zero-order valence-corrected chi connectivity index (χ0v) is 19.8. The van der Waals surface area contributed by atoms with Gasteiger partial charge < -0.3 is 25.2 Å². The molecule has 1 aromatic rings. The first-order valence-electron chi connectivity index (χ1n) is 10.3. The van der Waals surface area contributed by atoms with E-state index in [0.717, 1.165) is 44.3 Å². The van der Waals surface area contributed by atoms with Gasteiger partial charge in [-0.05, 0) is 50.4 Å². The number of para-hydroxylation sites is 2. The van der Waals surface area contributed by atoms with Gasteiger partial charge in [0, 0.05) is 39.3 Å². The number of halogens is 1. The molecule has 2 aliphatic rings. The molecule has 2 heterocycles. The molecule has 0 aliphatic carbocycles. The number of likely N-dealkylation sites (tertiary alicyclic amines) is 1. The molecule has 0 bridgehead atoms. The van der Waals surface area contributed by atoms with Gasteiger partial charge in [-0.3, -0.25) is 4.99 Å². The Balaban J connectivity index is 0.00000280. The maximum absolute atomic E-state index is 5.52. The van der Waals surface area contributed by atoms with E-state index in [1.165, 1.54) is 31.6 Å². The van der Waals surface area contributed by atoms with E-state index in [2.05, 4.69) is 44.5 Å². The number of ether oxygens (including phenoxy) is 1. The van der Waals surface area contributed by atoms with Gasteiger partial charge in [-0.15, -0.1) is 24.0 Å². The van der Waals surface area contributed by atoms with Crippen molar-refractivity contribution < 1.29 is 4.74 Å². The molecule has 158 valence electrons. The van der Waals surface area contributed by atoms with Crippen LogP contribution in [0.5, 0.6) is 5.75 Å². The summed E-state index contributed by atoms with van der Waals surface area (Å²) in [6.45, 7) is 8.86. The van der Waals surface area contributed by atoms with Crippen LogP contribution in [-0.2, 0) is 0 Å². The zero-order valence-electron chi connectivity index (χ0n) is 17.5. The minimum absolute atomic E-state index is 0. The molecule has 7 heteroatoms. The number of guanidine groups is 1. The van der Waals surface area contributed by atoms with Crippen molar-refractivity contribution in [2.24, 2.45) is 10.9 Å². The summed E-state index contributed by atoms with van der Waals surface area (Å²) < 4.78 is 5.52. The number of benzene rings is 1. The Hall–Kier alpha value is -1.22. The minimum Gasteiger partial charge on any atom is -0.495 e. The van der Waals surface area contributed by atoms with Gasteiger partial charge in [0.15, 0.2) is 5.96 Å². The summed E-state index contributed by atoms with van der Waals surface area (Å²) >= 11 is 0. The molecule has 0 radical (unpaired) electrons. The smallest absolute Gasteiger partial charge is 0.191 e. The van der Waals surface area contributed by atoms with Crippen molar-refractivity contribution in [3.63, 3.8) is 0 Å². The number of aliphatic imine (C=N–C) groups is 1. The van der Waals surface area contributed by atoms with Gasteiger partial charge in [-0.1, -0.05) is 19.1 Å². The van der Waals surface area contributed by atoms with Crippen molar-refractivity contribution in [3.8, 4) is 5.75 Å². The van der Waals surface area contributed by atoms with Crippen LogP contribution in [-0.4, -0.2) is 70.3 Å². The van der Waals surface area contributed by atoms with Crippen molar-refractivity contribution in [2.75, 3.05) is 58.3 Å². The van der Waals surface area contributed by atoms with E-state index in [-0.39, 0.29) is 24.0 Å². The van der Waals surface area contributed by atoms with Crippen LogP contribution in [0.4, 0.5) is 5.69 Å². The summed E-state index contributed by atoms with van der Waals surface area (Å²) in [6, 6.07) is 8.66. The average Bonchev–Trinajstić information content (AvgIpc) is 3.19. The number of nitrogens with one attached hydrogen (secondary N) is 2. The molecule has 2 aliphatic heterocycles. The summed E-state index contributed by atoms with van der Waals surface area (Å²) in [5.74, 6) is 2.58. The Labute approximate surface area is 187 Å². The van der Waals surface area contributed by atoms with Crippen molar-refractivity contribution in [3.05, 3.63) is 24.3 Å². The Kier molecular flexibility index (Phi) is 9.64. The SMILES string of the molecule is CCN1CCCC(CNC(=NC)NC2CCN(c3ccccc3OC)C2)C1.I. The van der Waals surface area contributed by atoms with Crippen molar-refractivity contribution >= 4 is 35.6 Å². The fourth-order valence-electron chi connectivity index (χ4n) is 4.22. The second-order valence-electron chi connectivity index (χ2n) is 7.60. The molecular weight excluding hydrogens is 465 g/mol. The standard InChI is InChI=1S/C21H35N5O.HI/c1-4-25-12-7-8-17(15-25)14-23-21(22-2)24-18-11-13-26(16-18)19-9-5-6-10-20(19)27-3;/h5-6,9-10,17-18H,4,7-8,11-16H2,1-3H3,(H2,22,23,24);1H. The highest BCUT2D eigenvalue weighted by molar-refractivity contribution is 14.0. The Bertz CT molecular complexity index is 627. The van der Waals surface area contributed by atoms with Gasteiger partial charge in [0.25, 0.3) is 0 Å². The van der Waals surface area contributed by atoms with Crippen LogP contribution in [0.2, 0.25) is 0 Å². The van der Waals surface area contributed by atoms with Crippen LogP contribution in [0.3, 0.4) is 0 Å². The third kappa shape index (κ3) is 6.14. The summed E-state index contributed by atoms with van der Waals surface area (Å²) in [7, 11) is 3.60. The number of piperidine rings is 1. The number of anilines is 1. The van der Waals surface area contributed by atoms with E-state index in [0.29, 0.717) is 12.0 Å². The van der Waals surface area contributed by atoms with Crippen LogP contribution < -0.4 is 20.3 Å². The van der Waals surface area contributed by atoms with Crippen LogP contribution in [0.25, 0.3) is 0 Å². The number of hydrogen-bond donors (Lipinski definition) is 2. The lowest BCUT2D eigenvalue weighted by molar-refractivity contribution is 0.183. The quantitative estimate of drug-likeness (QED) is 0.357. The van der Waals surface area contributed by atoms with Crippen LogP contribution in [0, 0.1) is 5.92 Å². The summed E-state index contributed by atoms with van der Waals surface area (Å²) in [5.41, 5.74) is 1.18. The fourth-order valence-corrected chi connectivity index (χ4v) is 4.22. The molecule has 0 aromatic heterocycles. The molecule has 0 amide bonds.